The molecule has 0 N–H and O–H groups in total. The van der Waals surface area contributed by atoms with E-state index in [2.05, 4.69) is 0 Å². The van der Waals surface area contributed by atoms with Gasteiger partial charge >= 0.3 is 0 Å². The maximum atomic E-state index is 10.8. The highest BCUT2D eigenvalue weighted by Gasteiger charge is 1.98. The molecule has 0 saturated heterocycles. The summed E-state index contributed by atoms with van der Waals surface area (Å²) in [4.78, 5) is 0. The second-order valence-electron chi connectivity index (χ2n) is 2.04. The van der Waals surface area contributed by atoms with Crippen molar-refractivity contribution in [3.63, 3.8) is 0 Å². The minimum atomic E-state index is 0.0139. The van der Waals surface area contributed by atoms with Gasteiger partial charge in [-0.25, -0.2) is 4.68 Å². The van der Waals surface area contributed by atoms with Crippen molar-refractivity contribution >= 4 is 0 Å². The van der Waals surface area contributed by atoms with E-state index in [1.807, 2.05) is 14.1 Å². The Balaban J connectivity index is 2.94. The topological polar surface area (TPSA) is 28.1 Å². The van der Waals surface area contributed by atoms with E-state index in [0.29, 0.717) is 0 Å². The van der Waals surface area contributed by atoms with E-state index in [-0.39, 0.29) is 5.88 Å². The minimum Gasteiger partial charge on any atom is -0.316 e. The third-order valence-corrected chi connectivity index (χ3v) is 1.12. The molecular formula is C6H9N2O. The monoisotopic (exact) mass is 125 g/mol. The van der Waals surface area contributed by atoms with Crippen LogP contribution in [-0.2, 0) is 5.11 Å². The van der Waals surface area contributed by atoms with Crippen LogP contribution >= 0.6 is 0 Å². The summed E-state index contributed by atoms with van der Waals surface area (Å²) >= 11 is 0. The summed E-state index contributed by atoms with van der Waals surface area (Å²) in [5.74, 6) is 0.0139. The van der Waals surface area contributed by atoms with Crippen molar-refractivity contribution in [1.29, 1.82) is 0 Å². The summed E-state index contributed by atoms with van der Waals surface area (Å²) in [5.41, 5.74) is 0. The lowest BCUT2D eigenvalue weighted by atomic mass is 10.7. The smallest absolute Gasteiger partial charge is 0.268 e. The molecule has 0 aliphatic carbocycles. The second kappa shape index (κ2) is 2.01. The first-order valence-corrected chi connectivity index (χ1v) is 2.74. The minimum absolute atomic E-state index is 0.0139. The van der Waals surface area contributed by atoms with E-state index in [1.54, 1.807) is 17.3 Å². The largest absolute Gasteiger partial charge is 0.316 e. The molecule has 1 radical (unpaired) electrons. The molecule has 1 aromatic heterocycles. The summed E-state index contributed by atoms with van der Waals surface area (Å²) in [6.45, 7) is 0. The highest BCUT2D eigenvalue weighted by atomic mass is 16.3. The Morgan fingerprint density at radius 3 is 2.44 bits per heavy atom. The van der Waals surface area contributed by atoms with E-state index < -0.39 is 0 Å². The number of nitrogens with zero attached hydrogens (tertiary/aromatic N) is 2. The fourth-order valence-electron chi connectivity index (χ4n) is 0.687. The molecule has 0 aromatic carbocycles. The zero-order valence-corrected chi connectivity index (χ0v) is 5.53. The molecule has 0 aliphatic rings. The second-order valence-corrected chi connectivity index (χ2v) is 2.04. The van der Waals surface area contributed by atoms with Crippen LogP contribution in [-0.4, -0.2) is 18.8 Å². The van der Waals surface area contributed by atoms with Gasteiger partial charge in [0.25, 0.3) is 5.88 Å². The average molecular weight is 125 g/mol. The first kappa shape index (κ1) is 6.01. The van der Waals surface area contributed by atoms with Gasteiger partial charge in [0.2, 0.25) is 0 Å². The van der Waals surface area contributed by atoms with Crippen LogP contribution in [0.15, 0.2) is 18.3 Å². The number of aromatic nitrogens is 1. The third-order valence-electron chi connectivity index (χ3n) is 1.12. The third kappa shape index (κ3) is 0.988. The quantitative estimate of drug-likeness (QED) is 0.546. The number of hydrogen-bond donors (Lipinski definition) is 0. The van der Waals surface area contributed by atoms with Crippen LogP contribution in [0.1, 0.15) is 0 Å². The van der Waals surface area contributed by atoms with Crippen molar-refractivity contribution in [3.05, 3.63) is 18.3 Å². The zero-order valence-electron chi connectivity index (χ0n) is 5.53. The maximum absolute atomic E-state index is 10.8. The van der Waals surface area contributed by atoms with Crippen LogP contribution in [0.3, 0.4) is 0 Å². The van der Waals surface area contributed by atoms with Crippen molar-refractivity contribution in [2.24, 2.45) is 0 Å². The fourth-order valence-corrected chi connectivity index (χ4v) is 0.687. The molecule has 0 saturated carbocycles. The van der Waals surface area contributed by atoms with Crippen LogP contribution < -0.4 is 5.01 Å². The molecule has 0 atom stereocenters. The van der Waals surface area contributed by atoms with E-state index >= 15 is 0 Å². The molecule has 49 valence electrons. The summed E-state index contributed by atoms with van der Waals surface area (Å²) in [5, 5.41) is 12.5. The van der Waals surface area contributed by atoms with Crippen molar-refractivity contribution < 1.29 is 5.11 Å². The Morgan fingerprint density at radius 2 is 2.22 bits per heavy atom. The van der Waals surface area contributed by atoms with Crippen molar-refractivity contribution in [2.75, 3.05) is 19.1 Å². The first-order valence-electron chi connectivity index (χ1n) is 2.74. The van der Waals surface area contributed by atoms with E-state index in [0.717, 1.165) is 0 Å². The molecule has 0 amide bonds. The Bertz CT molecular complexity index is 193. The van der Waals surface area contributed by atoms with Gasteiger partial charge in [-0.05, 0) is 6.07 Å². The molecule has 1 rings (SSSR count). The molecule has 9 heavy (non-hydrogen) atoms. The summed E-state index contributed by atoms with van der Waals surface area (Å²) in [6.07, 6.45) is 1.72. The molecule has 0 unspecified atom stereocenters. The van der Waals surface area contributed by atoms with Crippen molar-refractivity contribution in [3.8, 4) is 5.88 Å². The number of rotatable bonds is 1. The molecule has 0 bridgehead atoms. The van der Waals surface area contributed by atoms with E-state index in [1.165, 1.54) is 10.7 Å². The molecular weight excluding hydrogens is 116 g/mol. The SMILES string of the molecule is CN(C)n1cccc1[O]. The van der Waals surface area contributed by atoms with Crippen LogP contribution in [0.5, 0.6) is 5.88 Å². The van der Waals surface area contributed by atoms with Gasteiger partial charge in [0, 0.05) is 26.4 Å². The van der Waals surface area contributed by atoms with Gasteiger partial charge in [0.15, 0.2) is 0 Å². The van der Waals surface area contributed by atoms with Crippen molar-refractivity contribution in [1.82, 2.24) is 4.68 Å². The molecule has 1 heterocycles. The Kier molecular flexibility index (Phi) is 1.34. The summed E-state index contributed by atoms with van der Waals surface area (Å²) < 4.78 is 1.53. The lowest BCUT2D eigenvalue weighted by molar-refractivity contribution is 0.316. The molecule has 0 aliphatic heterocycles. The van der Waals surface area contributed by atoms with Gasteiger partial charge in [0.05, 0.1) is 0 Å². The average Bonchev–Trinajstić information content (AvgIpc) is 2.13. The maximum Gasteiger partial charge on any atom is 0.268 e. The van der Waals surface area contributed by atoms with Gasteiger partial charge in [-0.15, -0.1) is 0 Å². The lowest BCUT2D eigenvalue weighted by Crippen LogP contribution is -2.22. The highest BCUT2D eigenvalue weighted by molar-refractivity contribution is 5.13. The van der Waals surface area contributed by atoms with Gasteiger partial charge in [-0.3, -0.25) is 5.11 Å². The number of hydrogen-bond acceptors (Lipinski definition) is 1. The highest BCUT2D eigenvalue weighted by Crippen LogP contribution is 2.08. The summed E-state index contributed by atoms with van der Waals surface area (Å²) in [7, 11) is 3.64. The Labute approximate surface area is 54.1 Å². The Morgan fingerprint density at radius 1 is 1.56 bits per heavy atom. The summed E-state index contributed by atoms with van der Waals surface area (Å²) in [6, 6.07) is 3.25. The van der Waals surface area contributed by atoms with Gasteiger partial charge < -0.3 is 5.01 Å². The molecule has 3 nitrogen and oxygen atoms in total. The van der Waals surface area contributed by atoms with Crippen molar-refractivity contribution in [2.45, 2.75) is 0 Å². The van der Waals surface area contributed by atoms with Crippen LogP contribution in [0.4, 0.5) is 0 Å². The molecule has 3 heteroatoms. The van der Waals surface area contributed by atoms with Gasteiger partial charge in [-0.1, -0.05) is 0 Å². The molecule has 1 aromatic rings. The normalized spacial score (nSPS) is 9.56. The van der Waals surface area contributed by atoms with Gasteiger partial charge in [-0.2, -0.15) is 0 Å². The zero-order chi connectivity index (χ0) is 6.85. The van der Waals surface area contributed by atoms with E-state index in [4.69, 9.17) is 0 Å². The fraction of sp³-hybridized carbons (Fsp3) is 0.333. The van der Waals surface area contributed by atoms with Crippen LogP contribution in [0.2, 0.25) is 0 Å². The van der Waals surface area contributed by atoms with Gasteiger partial charge in [0.1, 0.15) is 0 Å². The van der Waals surface area contributed by atoms with Crippen LogP contribution in [0.25, 0.3) is 0 Å². The Hall–Kier alpha value is -1.12. The van der Waals surface area contributed by atoms with Crippen LogP contribution in [0, 0.1) is 0 Å². The predicted molar refractivity (Wildman–Crippen MR) is 34.6 cm³/mol. The standard InChI is InChI=1S/C6H9N2O/c1-7(2)8-5-3-4-6(8)9/h3-5H,1-2H3. The first-order chi connectivity index (χ1) is 4.22. The predicted octanol–water partition coefficient (Wildman–Crippen LogP) is 0.829. The van der Waals surface area contributed by atoms with E-state index in [9.17, 15) is 5.11 Å². The lowest BCUT2D eigenvalue weighted by Gasteiger charge is -2.12. The molecule has 0 fully saturated rings. The molecule has 0 spiro atoms.